The second-order valence-corrected chi connectivity index (χ2v) is 5.41. The van der Waals surface area contributed by atoms with Crippen molar-refractivity contribution in [2.45, 2.75) is 52.6 Å². The van der Waals surface area contributed by atoms with Gasteiger partial charge in [-0.1, -0.05) is 38.5 Å². The molecule has 0 saturated heterocycles. The van der Waals surface area contributed by atoms with Crippen molar-refractivity contribution in [2.75, 3.05) is 0 Å². The number of benzene rings is 1. The van der Waals surface area contributed by atoms with Crippen LogP contribution in [0.2, 0.25) is 0 Å². The fourth-order valence-corrected chi connectivity index (χ4v) is 2.74. The van der Waals surface area contributed by atoms with Crippen molar-refractivity contribution >= 4 is 16.8 Å². The molecule has 1 amide bonds. The maximum atomic E-state index is 12.1. The molecule has 0 aliphatic heterocycles. The van der Waals surface area contributed by atoms with Crippen molar-refractivity contribution in [3.63, 3.8) is 0 Å². The van der Waals surface area contributed by atoms with Gasteiger partial charge in [0.15, 0.2) is 0 Å². The molecule has 2 aromatic rings. The van der Waals surface area contributed by atoms with E-state index in [-0.39, 0.29) is 11.9 Å². The van der Waals surface area contributed by atoms with Crippen LogP contribution in [-0.4, -0.2) is 16.5 Å². The number of carbonyl (C=O) groups is 1. The third-order valence-electron chi connectivity index (χ3n) is 3.70. The van der Waals surface area contributed by atoms with E-state index >= 15 is 0 Å². The Morgan fingerprint density at radius 2 is 2.10 bits per heavy atom. The molecule has 3 nitrogen and oxygen atoms in total. The summed E-state index contributed by atoms with van der Waals surface area (Å²) in [4.78, 5) is 12.1. The van der Waals surface area contributed by atoms with Gasteiger partial charge in [0.2, 0.25) is 5.91 Å². The van der Waals surface area contributed by atoms with Crippen LogP contribution in [0.5, 0.6) is 0 Å². The average molecular weight is 272 g/mol. The van der Waals surface area contributed by atoms with Gasteiger partial charge >= 0.3 is 0 Å². The first-order valence-corrected chi connectivity index (χ1v) is 7.51. The average Bonchev–Trinajstić information content (AvgIpc) is 2.82. The van der Waals surface area contributed by atoms with Crippen molar-refractivity contribution in [3.05, 3.63) is 36.0 Å². The number of fused-ring (bicyclic) bond motifs is 1. The molecule has 0 aliphatic rings. The van der Waals surface area contributed by atoms with Crippen LogP contribution in [0.3, 0.4) is 0 Å². The summed E-state index contributed by atoms with van der Waals surface area (Å²) in [5.41, 5.74) is 2.48. The van der Waals surface area contributed by atoms with Crippen molar-refractivity contribution < 1.29 is 4.79 Å². The molecule has 1 unspecified atom stereocenters. The predicted octanol–water partition coefficient (Wildman–Crippen LogP) is 3.51. The Morgan fingerprint density at radius 1 is 1.30 bits per heavy atom. The summed E-state index contributed by atoms with van der Waals surface area (Å²) in [6.07, 6.45) is 5.11. The molecule has 1 N–H and O–H groups in total. The highest BCUT2D eigenvalue weighted by Gasteiger charge is 2.10. The van der Waals surface area contributed by atoms with E-state index in [1.165, 1.54) is 16.5 Å². The molecule has 108 valence electrons. The van der Waals surface area contributed by atoms with Gasteiger partial charge in [0.1, 0.15) is 6.54 Å². The third-order valence-corrected chi connectivity index (χ3v) is 3.70. The fraction of sp³-hybridized carbons (Fsp3) is 0.471. The van der Waals surface area contributed by atoms with Gasteiger partial charge in [-0.05, 0) is 36.8 Å². The summed E-state index contributed by atoms with van der Waals surface area (Å²) in [6.45, 7) is 6.74. The zero-order valence-electron chi connectivity index (χ0n) is 12.6. The van der Waals surface area contributed by atoms with Crippen LogP contribution in [0.25, 0.3) is 10.9 Å². The summed E-state index contributed by atoms with van der Waals surface area (Å²) >= 11 is 0. The number of hydrogen-bond acceptors (Lipinski definition) is 1. The molecule has 1 aromatic heterocycles. The highest BCUT2D eigenvalue weighted by Crippen LogP contribution is 2.20. The second kappa shape index (κ2) is 6.60. The van der Waals surface area contributed by atoms with Crippen LogP contribution in [0, 0.1) is 0 Å². The molecule has 20 heavy (non-hydrogen) atoms. The van der Waals surface area contributed by atoms with Gasteiger partial charge in [-0.15, -0.1) is 0 Å². The number of carbonyl (C=O) groups excluding carboxylic acids is 1. The SMILES string of the molecule is CCCC(C)NC(=O)Cn1ccc2cccc(CC)c21. The molecular formula is C17H24N2O. The quantitative estimate of drug-likeness (QED) is 0.858. The smallest absolute Gasteiger partial charge is 0.240 e. The second-order valence-electron chi connectivity index (χ2n) is 5.41. The van der Waals surface area contributed by atoms with Crippen LogP contribution in [0.15, 0.2) is 30.5 Å². The highest BCUT2D eigenvalue weighted by atomic mass is 16.2. The molecular weight excluding hydrogens is 248 g/mol. The Labute approximate surface area is 121 Å². The maximum absolute atomic E-state index is 12.1. The lowest BCUT2D eigenvalue weighted by Crippen LogP contribution is -2.34. The fourth-order valence-electron chi connectivity index (χ4n) is 2.74. The number of nitrogens with zero attached hydrogens (tertiary/aromatic N) is 1. The van der Waals surface area contributed by atoms with Gasteiger partial charge in [-0.2, -0.15) is 0 Å². The maximum Gasteiger partial charge on any atom is 0.240 e. The van der Waals surface area contributed by atoms with Crippen molar-refractivity contribution in [2.24, 2.45) is 0 Å². The van der Waals surface area contributed by atoms with Gasteiger partial charge in [0.25, 0.3) is 0 Å². The zero-order valence-corrected chi connectivity index (χ0v) is 12.6. The molecule has 0 spiro atoms. The van der Waals surface area contributed by atoms with E-state index in [0.29, 0.717) is 6.54 Å². The number of amides is 1. The number of rotatable bonds is 6. The number of hydrogen-bond donors (Lipinski definition) is 1. The summed E-state index contributed by atoms with van der Waals surface area (Å²) in [5.74, 6) is 0.0920. The Bertz CT molecular complexity index is 586. The van der Waals surface area contributed by atoms with Crippen LogP contribution >= 0.6 is 0 Å². The van der Waals surface area contributed by atoms with E-state index in [4.69, 9.17) is 0 Å². The number of nitrogens with one attached hydrogen (secondary N) is 1. The monoisotopic (exact) mass is 272 g/mol. The van der Waals surface area contributed by atoms with Crippen LogP contribution < -0.4 is 5.32 Å². The van der Waals surface area contributed by atoms with Crippen molar-refractivity contribution in [1.29, 1.82) is 0 Å². The third kappa shape index (κ3) is 3.21. The molecule has 0 fully saturated rings. The Kier molecular flexibility index (Phi) is 4.83. The molecule has 2 rings (SSSR count). The lowest BCUT2D eigenvalue weighted by Gasteiger charge is -2.14. The van der Waals surface area contributed by atoms with Crippen molar-refractivity contribution in [1.82, 2.24) is 9.88 Å². The summed E-state index contributed by atoms with van der Waals surface area (Å²) < 4.78 is 2.06. The normalized spacial score (nSPS) is 12.6. The van der Waals surface area contributed by atoms with Gasteiger partial charge in [0.05, 0.1) is 5.52 Å². The van der Waals surface area contributed by atoms with E-state index in [2.05, 4.69) is 54.9 Å². The number of aromatic nitrogens is 1. The van der Waals surface area contributed by atoms with E-state index in [1.54, 1.807) is 0 Å². The largest absolute Gasteiger partial charge is 0.352 e. The van der Waals surface area contributed by atoms with Crippen LogP contribution in [0.1, 0.15) is 39.2 Å². The Morgan fingerprint density at radius 3 is 2.80 bits per heavy atom. The summed E-state index contributed by atoms with van der Waals surface area (Å²) in [6, 6.07) is 8.64. The molecule has 1 aromatic carbocycles. The Balaban J connectivity index is 2.15. The first-order valence-electron chi connectivity index (χ1n) is 7.51. The minimum Gasteiger partial charge on any atom is -0.352 e. The Hall–Kier alpha value is -1.77. The lowest BCUT2D eigenvalue weighted by molar-refractivity contribution is -0.122. The summed E-state index contributed by atoms with van der Waals surface area (Å²) in [7, 11) is 0. The number of aryl methyl sites for hydroxylation is 1. The molecule has 1 heterocycles. The lowest BCUT2D eigenvalue weighted by atomic mass is 10.1. The van der Waals surface area contributed by atoms with E-state index in [1.807, 2.05) is 6.20 Å². The van der Waals surface area contributed by atoms with Gasteiger partial charge in [-0.25, -0.2) is 0 Å². The van der Waals surface area contributed by atoms with Gasteiger partial charge in [-0.3, -0.25) is 4.79 Å². The van der Waals surface area contributed by atoms with Gasteiger partial charge < -0.3 is 9.88 Å². The van der Waals surface area contributed by atoms with Crippen molar-refractivity contribution in [3.8, 4) is 0 Å². The molecule has 1 atom stereocenters. The zero-order chi connectivity index (χ0) is 14.5. The standard InChI is InChI=1S/C17H24N2O/c1-4-7-13(3)18-16(20)12-19-11-10-15-9-6-8-14(5-2)17(15)19/h6,8-11,13H,4-5,7,12H2,1-3H3,(H,18,20). The van der Waals surface area contributed by atoms with Crippen LogP contribution in [-0.2, 0) is 17.8 Å². The summed E-state index contributed by atoms with van der Waals surface area (Å²) in [5, 5.41) is 4.27. The van der Waals surface area contributed by atoms with E-state index in [0.717, 1.165) is 19.3 Å². The molecule has 0 saturated carbocycles. The minimum atomic E-state index is 0.0920. The molecule has 0 bridgehead atoms. The minimum absolute atomic E-state index is 0.0920. The van der Waals surface area contributed by atoms with Crippen LogP contribution in [0.4, 0.5) is 0 Å². The topological polar surface area (TPSA) is 34.0 Å². The first kappa shape index (κ1) is 14.6. The van der Waals surface area contributed by atoms with E-state index < -0.39 is 0 Å². The first-order chi connectivity index (χ1) is 9.65. The predicted molar refractivity (Wildman–Crippen MR) is 83.8 cm³/mol. The number of para-hydroxylation sites is 1. The van der Waals surface area contributed by atoms with Gasteiger partial charge in [0, 0.05) is 12.2 Å². The molecule has 0 aliphatic carbocycles. The highest BCUT2D eigenvalue weighted by molar-refractivity contribution is 5.85. The van der Waals surface area contributed by atoms with E-state index in [9.17, 15) is 4.79 Å². The molecule has 0 radical (unpaired) electrons. The molecule has 3 heteroatoms.